The smallest absolute Gasteiger partial charge is 0.176 e. The average Bonchev–Trinajstić information content (AvgIpc) is 2.79. The van der Waals surface area contributed by atoms with Crippen LogP contribution in [-0.4, -0.2) is 20.3 Å². The van der Waals surface area contributed by atoms with Gasteiger partial charge in [-0.15, -0.1) is 0 Å². The minimum absolute atomic E-state index is 0.0415. The van der Waals surface area contributed by atoms with Gasteiger partial charge in [0.1, 0.15) is 6.33 Å². The summed E-state index contributed by atoms with van der Waals surface area (Å²) in [6.07, 6.45) is 6.61. The molecule has 84 valence electrons. The number of carbonyl (C=O) groups is 1. The molecule has 0 saturated heterocycles. The fourth-order valence-corrected chi connectivity index (χ4v) is 1.46. The standard InChI is InChI=1S/C13H11N3O/c1-11(17)13-5-3-7-16(13)6-2-4-12-8-14-10-15-9-12/h3,5,7-10H,6H2,1H3. The first-order valence-corrected chi connectivity index (χ1v) is 5.17. The first-order chi connectivity index (χ1) is 8.27. The van der Waals surface area contributed by atoms with Gasteiger partial charge in [0.15, 0.2) is 5.78 Å². The Bertz CT molecular complexity index is 575. The summed E-state index contributed by atoms with van der Waals surface area (Å²) in [5, 5.41) is 0. The van der Waals surface area contributed by atoms with Gasteiger partial charge in [-0.1, -0.05) is 11.8 Å². The van der Waals surface area contributed by atoms with Crippen LogP contribution in [0.2, 0.25) is 0 Å². The lowest BCUT2D eigenvalue weighted by Crippen LogP contribution is -2.04. The Hall–Kier alpha value is -2.41. The Morgan fingerprint density at radius 3 is 2.88 bits per heavy atom. The summed E-state index contributed by atoms with van der Waals surface area (Å²) in [6, 6.07) is 3.62. The number of hydrogen-bond acceptors (Lipinski definition) is 3. The van der Waals surface area contributed by atoms with E-state index in [9.17, 15) is 4.79 Å². The van der Waals surface area contributed by atoms with Gasteiger partial charge in [-0.3, -0.25) is 4.79 Å². The molecule has 17 heavy (non-hydrogen) atoms. The molecule has 2 rings (SSSR count). The van der Waals surface area contributed by atoms with E-state index in [2.05, 4.69) is 21.8 Å². The summed E-state index contributed by atoms with van der Waals surface area (Å²) in [4.78, 5) is 19.0. The lowest BCUT2D eigenvalue weighted by Gasteiger charge is -2.00. The number of rotatable bonds is 2. The maximum Gasteiger partial charge on any atom is 0.176 e. The predicted molar refractivity (Wildman–Crippen MR) is 63.3 cm³/mol. The Kier molecular flexibility index (Phi) is 3.31. The molecule has 0 amide bonds. The topological polar surface area (TPSA) is 47.8 Å². The average molecular weight is 225 g/mol. The maximum absolute atomic E-state index is 11.3. The minimum Gasteiger partial charge on any atom is -0.333 e. The minimum atomic E-state index is 0.0415. The molecular formula is C13H11N3O. The van der Waals surface area contributed by atoms with Crippen LogP contribution >= 0.6 is 0 Å². The van der Waals surface area contributed by atoms with Crippen LogP contribution < -0.4 is 0 Å². The third kappa shape index (κ3) is 2.79. The molecule has 0 radical (unpaired) electrons. The highest BCUT2D eigenvalue weighted by Crippen LogP contribution is 2.02. The van der Waals surface area contributed by atoms with Crippen molar-refractivity contribution in [1.29, 1.82) is 0 Å². The number of nitrogens with zero attached hydrogens (tertiary/aromatic N) is 3. The number of hydrogen-bond donors (Lipinski definition) is 0. The summed E-state index contributed by atoms with van der Waals surface area (Å²) in [5.74, 6) is 5.96. The van der Waals surface area contributed by atoms with Gasteiger partial charge in [-0.25, -0.2) is 9.97 Å². The van der Waals surface area contributed by atoms with Gasteiger partial charge in [0, 0.05) is 25.5 Å². The van der Waals surface area contributed by atoms with Gasteiger partial charge in [0.25, 0.3) is 0 Å². The molecular weight excluding hydrogens is 214 g/mol. The second-order valence-electron chi connectivity index (χ2n) is 3.51. The molecule has 0 aliphatic heterocycles. The molecule has 0 aromatic carbocycles. The molecule has 0 atom stereocenters. The molecule has 0 unspecified atom stereocenters. The predicted octanol–water partition coefficient (Wildman–Crippen LogP) is 1.53. The number of Topliss-reactive ketones (excluding diaryl/α,β-unsaturated/α-hetero) is 1. The van der Waals surface area contributed by atoms with Crippen LogP contribution in [0.15, 0.2) is 37.1 Å². The van der Waals surface area contributed by atoms with E-state index >= 15 is 0 Å². The zero-order chi connectivity index (χ0) is 12.1. The highest BCUT2D eigenvalue weighted by atomic mass is 16.1. The molecule has 4 nitrogen and oxygen atoms in total. The van der Waals surface area contributed by atoms with E-state index in [1.807, 2.05) is 16.8 Å². The van der Waals surface area contributed by atoms with Crippen LogP contribution in [0.4, 0.5) is 0 Å². The van der Waals surface area contributed by atoms with E-state index in [0.717, 1.165) is 5.56 Å². The zero-order valence-electron chi connectivity index (χ0n) is 9.42. The van der Waals surface area contributed by atoms with Crippen molar-refractivity contribution < 1.29 is 4.79 Å². The molecule has 0 fully saturated rings. The molecule has 0 saturated carbocycles. The second kappa shape index (κ2) is 5.08. The monoisotopic (exact) mass is 225 g/mol. The highest BCUT2D eigenvalue weighted by Gasteiger charge is 2.03. The summed E-state index contributed by atoms with van der Waals surface area (Å²) in [6.45, 7) is 2.03. The van der Waals surface area contributed by atoms with Crippen molar-refractivity contribution in [2.45, 2.75) is 13.5 Å². The highest BCUT2D eigenvalue weighted by molar-refractivity contribution is 5.92. The molecule has 2 aromatic heterocycles. The summed E-state index contributed by atoms with van der Waals surface area (Å²) < 4.78 is 1.82. The SMILES string of the molecule is CC(=O)c1cccn1CC#Cc1cncnc1. The van der Waals surface area contributed by atoms with Crippen LogP contribution in [0, 0.1) is 11.8 Å². The number of ketones is 1. The fourth-order valence-electron chi connectivity index (χ4n) is 1.46. The van der Waals surface area contributed by atoms with Crippen LogP contribution in [-0.2, 0) is 6.54 Å². The van der Waals surface area contributed by atoms with E-state index in [1.165, 1.54) is 6.33 Å². The van der Waals surface area contributed by atoms with Crippen LogP contribution in [0.5, 0.6) is 0 Å². The van der Waals surface area contributed by atoms with Crippen molar-refractivity contribution in [2.75, 3.05) is 0 Å². The van der Waals surface area contributed by atoms with Crippen molar-refractivity contribution in [3.05, 3.63) is 48.3 Å². The van der Waals surface area contributed by atoms with Gasteiger partial charge in [0.05, 0.1) is 17.8 Å². The lowest BCUT2D eigenvalue weighted by molar-refractivity contribution is 0.100. The molecule has 0 aliphatic rings. The van der Waals surface area contributed by atoms with Crippen LogP contribution in [0.25, 0.3) is 0 Å². The van der Waals surface area contributed by atoms with Gasteiger partial charge < -0.3 is 4.57 Å². The summed E-state index contributed by atoms with van der Waals surface area (Å²) in [7, 11) is 0. The van der Waals surface area contributed by atoms with Gasteiger partial charge in [0.2, 0.25) is 0 Å². The summed E-state index contributed by atoms with van der Waals surface area (Å²) >= 11 is 0. The lowest BCUT2D eigenvalue weighted by atomic mass is 10.3. The van der Waals surface area contributed by atoms with E-state index < -0.39 is 0 Å². The third-order valence-electron chi connectivity index (χ3n) is 2.23. The van der Waals surface area contributed by atoms with Crippen LogP contribution in [0.1, 0.15) is 23.0 Å². The zero-order valence-corrected chi connectivity index (χ0v) is 9.42. The molecule has 0 aliphatic carbocycles. The van der Waals surface area contributed by atoms with Gasteiger partial charge in [-0.2, -0.15) is 0 Å². The van der Waals surface area contributed by atoms with Gasteiger partial charge in [-0.05, 0) is 12.1 Å². The van der Waals surface area contributed by atoms with E-state index in [0.29, 0.717) is 12.2 Å². The van der Waals surface area contributed by atoms with Crippen molar-refractivity contribution in [3.63, 3.8) is 0 Å². The van der Waals surface area contributed by atoms with Crippen molar-refractivity contribution in [1.82, 2.24) is 14.5 Å². The molecule has 2 aromatic rings. The Morgan fingerprint density at radius 2 is 2.18 bits per heavy atom. The Balaban J connectivity index is 2.11. The Labute approximate surface area is 99.3 Å². The number of aromatic nitrogens is 3. The summed E-state index contributed by atoms with van der Waals surface area (Å²) in [5.41, 5.74) is 1.44. The fraction of sp³-hybridized carbons (Fsp3) is 0.154. The molecule has 0 spiro atoms. The third-order valence-corrected chi connectivity index (χ3v) is 2.23. The molecule has 2 heterocycles. The second-order valence-corrected chi connectivity index (χ2v) is 3.51. The van der Waals surface area contributed by atoms with E-state index in [1.54, 1.807) is 25.4 Å². The molecule has 4 heteroatoms. The van der Waals surface area contributed by atoms with E-state index in [-0.39, 0.29) is 5.78 Å². The van der Waals surface area contributed by atoms with Crippen molar-refractivity contribution >= 4 is 5.78 Å². The first-order valence-electron chi connectivity index (χ1n) is 5.17. The Morgan fingerprint density at radius 1 is 1.41 bits per heavy atom. The van der Waals surface area contributed by atoms with E-state index in [4.69, 9.17) is 0 Å². The van der Waals surface area contributed by atoms with Crippen LogP contribution in [0.3, 0.4) is 0 Å². The molecule has 0 N–H and O–H groups in total. The number of carbonyl (C=O) groups excluding carboxylic acids is 1. The van der Waals surface area contributed by atoms with Crippen molar-refractivity contribution in [2.24, 2.45) is 0 Å². The first kappa shape index (κ1) is 11.1. The largest absolute Gasteiger partial charge is 0.333 e. The maximum atomic E-state index is 11.3. The van der Waals surface area contributed by atoms with Gasteiger partial charge >= 0.3 is 0 Å². The normalized spacial score (nSPS) is 9.47. The molecule has 0 bridgehead atoms. The van der Waals surface area contributed by atoms with Crippen molar-refractivity contribution in [3.8, 4) is 11.8 Å². The quantitative estimate of drug-likeness (QED) is 0.575.